The topological polar surface area (TPSA) is 64.3 Å². The van der Waals surface area contributed by atoms with Gasteiger partial charge in [0, 0.05) is 12.1 Å². The Labute approximate surface area is 101 Å². The third-order valence-corrected chi connectivity index (χ3v) is 2.12. The van der Waals surface area contributed by atoms with Gasteiger partial charge in [0.25, 0.3) is 5.91 Å². The summed E-state index contributed by atoms with van der Waals surface area (Å²) >= 11 is 0. The van der Waals surface area contributed by atoms with Gasteiger partial charge in [-0.2, -0.15) is 0 Å². The van der Waals surface area contributed by atoms with E-state index >= 15 is 0 Å². The molecule has 0 aromatic heterocycles. The molecule has 17 heavy (non-hydrogen) atoms. The lowest BCUT2D eigenvalue weighted by Crippen LogP contribution is -2.24. The molecule has 0 radical (unpaired) electrons. The molecular weight excluding hydrogens is 216 g/mol. The summed E-state index contributed by atoms with van der Waals surface area (Å²) in [6.07, 6.45) is 5.98. The Kier molecular flexibility index (Phi) is 4.89. The molecule has 0 aliphatic heterocycles. The van der Waals surface area contributed by atoms with Crippen LogP contribution in [0.25, 0.3) is 0 Å². The van der Waals surface area contributed by atoms with Crippen molar-refractivity contribution in [3.8, 4) is 18.1 Å². The number of nitrogens with one attached hydrogen (secondary N) is 1. The van der Waals surface area contributed by atoms with Crippen LogP contribution in [0.2, 0.25) is 0 Å². The predicted molar refractivity (Wildman–Crippen MR) is 67.8 cm³/mol. The Hall–Kier alpha value is -2.15. The zero-order valence-corrected chi connectivity index (χ0v) is 9.82. The molecule has 1 aromatic rings. The fourth-order valence-electron chi connectivity index (χ4n) is 1.26. The molecule has 0 aliphatic carbocycles. The van der Waals surface area contributed by atoms with E-state index in [0.717, 1.165) is 6.42 Å². The van der Waals surface area contributed by atoms with Crippen molar-refractivity contribution in [1.82, 2.24) is 5.32 Å². The lowest BCUT2D eigenvalue weighted by molar-refractivity contribution is 0.0953. The van der Waals surface area contributed by atoms with Crippen molar-refractivity contribution < 1.29 is 9.53 Å². The molecule has 0 aliphatic rings. The van der Waals surface area contributed by atoms with Crippen LogP contribution in [0.1, 0.15) is 23.7 Å². The molecule has 0 spiro atoms. The van der Waals surface area contributed by atoms with Gasteiger partial charge in [0.05, 0.1) is 5.69 Å². The Morgan fingerprint density at radius 1 is 1.59 bits per heavy atom. The molecule has 90 valence electrons. The summed E-state index contributed by atoms with van der Waals surface area (Å²) in [6.45, 7) is 2.76. The zero-order valence-electron chi connectivity index (χ0n) is 9.82. The number of benzene rings is 1. The maximum atomic E-state index is 11.7. The van der Waals surface area contributed by atoms with E-state index in [9.17, 15) is 4.79 Å². The number of nitrogen functional groups attached to an aromatic ring is 1. The van der Waals surface area contributed by atoms with Gasteiger partial charge in [0.1, 0.15) is 12.4 Å². The first-order valence-corrected chi connectivity index (χ1v) is 5.43. The van der Waals surface area contributed by atoms with Crippen LogP contribution in [0.3, 0.4) is 0 Å². The second-order valence-corrected chi connectivity index (χ2v) is 3.50. The summed E-state index contributed by atoms with van der Waals surface area (Å²) in [6, 6.07) is 4.88. The van der Waals surface area contributed by atoms with E-state index in [2.05, 4.69) is 11.2 Å². The van der Waals surface area contributed by atoms with Crippen molar-refractivity contribution in [1.29, 1.82) is 0 Å². The van der Waals surface area contributed by atoms with Gasteiger partial charge in [-0.15, -0.1) is 6.42 Å². The molecule has 1 amide bonds. The van der Waals surface area contributed by atoms with Crippen molar-refractivity contribution in [2.45, 2.75) is 13.3 Å². The highest BCUT2D eigenvalue weighted by Gasteiger charge is 2.08. The maximum Gasteiger partial charge on any atom is 0.251 e. The number of carbonyl (C=O) groups excluding carboxylic acids is 1. The van der Waals surface area contributed by atoms with Crippen LogP contribution in [0, 0.1) is 12.3 Å². The predicted octanol–water partition coefficient (Wildman–Crippen LogP) is 1.42. The molecule has 0 saturated heterocycles. The van der Waals surface area contributed by atoms with Gasteiger partial charge < -0.3 is 15.8 Å². The molecule has 0 saturated carbocycles. The molecule has 1 aromatic carbocycles. The second-order valence-electron chi connectivity index (χ2n) is 3.50. The number of terminal acetylenes is 1. The number of hydrogen-bond acceptors (Lipinski definition) is 3. The summed E-state index contributed by atoms with van der Waals surface area (Å²) in [5, 5.41) is 2.78. The normalized spacial score (nSPS) is 9.41. The average molecular weight is 232 g/mol. The highest BCUT2D eigenvalue weighted by Crippen LogP contribution is 2.22. The third kappa shape index (κ3) is 3.72. The minimum atomic E-state index is -0.141. The highest BCUT2D eigenvalue weighted by atomic mass is 16.5. The standard InChI is InChI=1S/C13H16N2O2/c1-3-7-15-13(16)10-5-6-11(14)12(9-10)17-8-4-2/h2,5-6,9H,3,7-8,14H2,1H3,(H,15,16). The Bertz CT molecular complexity index is 436. The van der Waals surface area contributed by atoms with Crippen LogP contribution < -0.4 is 15.8 Å². The number of ether oxygens (including phenoxy) is 1. The van der Waals surface area contributed by atoms with Gasteiger partial charge in [-0.3, -0.25) is 4.79 Å². The number of nitrogens with two attached hydrogens (primary N) is 1. The van der Waals surface area contributed by atoms with Gasteiger partial charge in [0.15, 0.2) is 0 Å². The summed E-state index contributed by atoms with van der Waals surface area (Å²) in [4.78, 5) is 11.7. The molecule has 0 unspecified atom stereocenters. The molecule has 0 atom stereocenters. The summed E-state index contributed by atoms with van der Waals surface area (Å²) < 4.78 is 5.24. The lowest BCUT2D eigenvalue weighted by Gasteiger charge is -2.09. The van der Waals surface area contributed by atoms with Gasteiger partial charge in [0.2, 0.25) is 0 Å². The molecule has 0 heterocycles. The van der Waals surface area contributed by atoms with Crippen molar-refractivity contribution in [3.63, 3.8) is 0 Å². The van der Waals surface area contributed by atoms with E-state index in [1.54, 1.807) is 18.2 Å². The van der Waals surface area contributed by atoms with E-state index in [4.69, 9.17) is 16.9 Å². The van der Waals surface area contributed by atoms with Gasteiger partial charge in [-0.1, -0.05) is 12.8 Å². The molecule has 4 nitrogen and oxygen atoms in total. The number of anilines is 1. The molecule has 0 fully saturated rings. The second kappa shape index (κ2) is 6.44. The van der Waals surface area contributed by atoms with Crippen LogP contribution in [-0.2, 0) is 0 Å². The highest BCUT2D eigenvalue weighted by molar-refractivity contribution is 5.95. The lowest BCUT2D eigenvalue weighted by atomic mass is 10.1. The summed E-state index contributed by atoms with van der Waals surface area (Å²) in [5.74, 6) is 2.64. The Morgan fingerprint density at radius 3 is 3.00 bits per heavy atom. The molecule has 3 N–H and O–H groups in total. The van der Waals surface area contributed by atoms with Crippen LogP contribution in [0.4, 0.5) is 5.69 Å². The molecule has 0 bridgehead atoms. The first-order chi connectivity index (χ1) is 8.19. The Morgan fingerprint density at radius 2 is 2.35 bits per heavy atom. The average Bonchev–Trinajstić information content (AvgIpc) is 2.35. The van der Waals surface area contributed by atoms with Gasteiger partial charge in [-0.05, 0) is 24.6 Å². The number of carbonyl (C=O) groups is 1. The molecular formula is C13H16N2O2. The SMILES string of the molecule is C#CCOc1cc(C(=O)NCCC)ccc1N. The monoisotopic (exact) mass is 232 g/mol. The van der Waals surface area contributed by atoms with Crippen LogP contribution in [0.15, 0.2) is 18.2 Å². The van der Waals surface area contributed by atoms with E-state index in [1.807, 2.05) is 6.92 Å². The van der Waals surface area contributed by atoms with E-state index in [0.29, 0.717) is 23.5 Å². The summed E-state index contributed by atoms with van der Waals surface area (Å²) in [5.41, 5.74) is 6.68. The van der Waals surface area contributed by atoms with Crippen molar-refractivity contribution in [2.75, 3.05) is 18.9 Å². The fraction of sp³-hybridized carbons (Fsp3) is 0.308. The first-order valence-electron chi connectivity index (χ1n) is 5.43. The van der Waals surface area contributed by atoms with Crippen molar-refractivity contribution >= 4 is 11.6 Å². The van der Waals surface area contributed by atoms with Crippen molar-refractivity contribution in [2.24, 2.45) is 0 Å². The Balaban J connectivity index is 2.81. The van der Waals surface area contributed by atoms with Crippen LogP contribution in [0.5, 0.6) is 5.75 Å². The minimum absolute atomic E-state index is 0.129. The zero-order chi connectivity index (χ0) is 12.7. The van der Waals surface area contributed by atoms with E-state index in [1.165, 1.54) is 0 Å². The minimum Gasteiger partial charge on any atom is -0.479 e. The molecule has 4 heteroatoms. The third-order valence-electron chi connectivity index (χ3n) is 2.12. The van der Waals surface area contributed by atoms with E-state index in [-0.39, 0.29) is 12.5 Å². The number of rotatable bonds is 5. The van der Waals surface area contributed by atoms with Crippen LogP contribution in [-0.4, -0.2) is 19.1 Å². The number of hydrogen-bond donors (Lipinski definition) is 2. The fourth-order valence-corrected chi connectivity index (χ4v) is 1.26. The first kappa shape index (κ1) is 12.9. The van der Waals surface area contributed by atoms with Gasteiger partial charge >= 0.3 is 0 Å². The maximum absolute atomic E-state index is 11.7. The molecule has 1 rings (SSSR count). The van der Waals surface area contributed by atoms with Crippen molar-refractivity contribution in [3.05, 3.63) is 23.8 Å². The smallest absolute Gasteiger partial charge is 0.251 e. The number of amides is 1. The quantitative estimate of drug-likeness (QED) is 0.596. The summed E-state index contributed by atoms with van der Waals surface area (Å²) in [7, 11) is 0. The largest absolute Gasteiger partial charge is 0.479 e. The van der Waals surface area contributed by atoms with Gasteiger partial charge in [-0.25, -0.2) is 0 Å². The van der Waals surface area contributed by atoms with Crippen LogP contribution >= 0.6 is 0 Å². The van der Waals surface area contributed by atoms with E-state index < -0.39 is 0 Å².